The molecular formula is C22H25Cl2NO. The third-order valence-corrected chi connectivity index (χ3v) is 5.87. The molecule has 1 heterocycles. The Kier molecular flexibility index (Phi) is 5.76. The first kappa shape index (κ1) is 19.4. The smallest absolute Gasteiger partial charge is 0.176 e. The van der Waals surface area contributed by atoms with Crippen LogP contribution in [0.15, 0.2) is 42.5 Å². The molecule has 0 amide bonds. The zero-order chi connectivity index (χ0) is 18.9. The van der Waals surface area contributed by atoms with Crippen molar-refractivity contribution in [2.45, 2.75) is 38.5 Å². The molecule has 4 heteroatoms. The summed E-state index contributed by atoms with van der Waals surface area (Å²) in [6, 6.07) is 13.9. The maximum Gasteiger partial charge on any atom is 0.176 e. The normalized spacial score (nSPS) is 18.3. The highest BCUT2D eigenvalue weighted by Crippen LogP contribution is 2.32. The second-order valence-electron chi connectivity index (χ2n) is 8.14. The van der Waals surface area contributed by atoms with Crippen LogP contribution in [0.5, 0.6) is 0 Å². The van der Waals surface area contributed by atoms with Gasteiger partial charge >= 0.3 is 0 Å². The summed E-state index contributed by atoms with van der Waals surface area (Å²) in [7, 11) is 0. The summed E-state index contributed by atoms with van der Waals surface area (Å²) < 4.78 is 0. The Morgan fingerprint density at radius 1 is 1.08 bits per heavy atom. The Morgan fingerprint density at radius 2 is 1.77 bits per heavy atom. The maximum absolute atomic E-state index is 12.6. The highest BCUT2D eigenvalue weighted by molar-refractivity contribution is 6.42. The Morgan fingerprint density at radius 3 is 2.38 bits per heavy atom. The van der Waals surface area contributed by atoms with E-state index in [1.807, 2.05) is 30.3 Å². The van der Waals surface area contributed by atoms with Gasteiger partial charge in [-0.1, -0.05) is 74.3 Å². The molecule has 2 aromatic rings. The minimum absolute atomic E-state index is 0.101. The number of rotatable bonds is 4. The average Bonchev–Trinajstić information content (AvgIpc) is 3.05. The van der Waals surface area contributed by atoms with Crippen LogP contribution in [0.25, 0.3) is 0 Å². The minimum atomic E-state index is 0.101. The van der Waals surface area contributed by atoms with E-state index in [9.17, 15) is 4.79 Å². The summed E-state index contributed by atoms with van der Waals surface area (Å²) in [5.74, 6) is 0.584. The number of nitrogens with zero attached hydrogens (tertiary/aromatic N) is 1. The van der Waals surface area contributed by atoms with Gasteiger partial charge in [0.15, 0.2) is 5.78 Å². The van der Waals surface area contributed by atoms with Crippen molar-refractivity contribution < 1.29 is 4.79 Å². The van der Waals surface area contributed by atoms with Crippen molar-refractivity contribution >= 4 is 29.0 Å². The molecule has 0 radical (unpaired) electrons. The topological polar surface area (TPSA) is 20.3 Å². The summed E-state index contributed by atoms with van der Waals surface area (Å²) in [6.45, 7) is 8.80. The molecule has 1 fully saturated rings. The second kappa shape index (κ2) is 7.72. The highest BCUT2D eigenvalue weighted by Gasteiger charge is 2.26. The molecule has 0 aromatic heterocycles. The number of hydrogen-bond donors (Lipinski definition) is 0. The lowest BCUT2D eigenvalue weighted by Crippen LogP contribution is -2.27. The zero-order valence-electron chi connectivity index (χ0n) is 15.6. The highest BCUT2D eigenvalue weighted by atomic mass is 35.5. The van der Waals surface area contributed by atoms with Gasteiger partial charge < -0.3 is 0 Å². The van der Waals surface area contributed by atoms with Gasteiger partial charge in [-0.15, -0.1) is 0 Å². The monoisotopic (exact) mass is 389 g/mol. The second-order valence-corrected chi connectivity index (χ2v) is 8.96. The lowest BCUT2D eigenvalue weighted by atomic mass is 9.86. The third kappa shape index (κ3) is 4.49. The fraction of sp³-hybridized carbons (Fsp3) is 0.409. The zero-order valence-corrected chi connectivity index (χ0v) is 17.1. The van der Waals surface area contributed by atoms with Crippen molar-refractivity contribution in [3.63, 3.8) is 0 Å². The number of hydrogen-bond acceptors (Lipinski definition) is 2. The van der Waals surface area contributed by atoms with Gasteiger partial charge in [0.25, 0.3) is 0 Å². The Balaban J connectivity index is 1.61. The lowest BCUT2D eigenvalue weighted by Gasteiger charge is -2.19. The van der Waals surface area contributed by atoms with Crippen molar-refractivity contribution in [2.75, 3.05) is 19.6 Å². The fourth-order valence-corrected chi connectivity index (χ4v) is 3.77. The first-order valence-corrected chi connectivity index (χ1v) is 9.80. The van der Waals surface area contributed by atoms with E-state index in [0.717, 1.165) is 25.1 Å². The summed E-state index contributed by atoms with van der Waals surface area (Å²) in [6.07, 6.45) is 1.04. The molecule has 0 saturated carbocycles. The standard InChI is InChI=1S/C22H25Cl2NO/c1-22(2,3)18-7-4-15(5-8-18)21(26)14-25-11-10-17(13-25)16-6-9-19(23)20(24)12-16/h4-9,12,17H,10-11,13-14H2,1-3H3. The van der Waals surface area contributed by atoms with Gasteiger partial charge in [-0.2, -0.15) is 0 Å². The molecule has 26 heavy (non-hydrogen) atoms. The van der Waals surface area contributed by atoms with Crippen molar-refractivity contribution in [1.82, 2.24) is 4.90 Å². The number of Topliss-reactive ketones (excluding diaryl/α,β-unsaturated/α-hetero) is 1. The molecule has 1 atom stereocenters. The van der Waals surface area contributed by atoms with E-state index in [1.54, 1.807) is 0 Å². The van der Waals surface area contributed by atoms with Crippen molar-refractivity contribution in [1.29, 1.82) is 0 Å². The van der Waals surface area contributed by atoms with Crippen LogP contribution in [0.1, 0.15) is 54.6 Å². The van der Waals surface area contributed by atoms with E-state index in [4.69, 9.17) is 23.2 Å². The summed E-state index contributed by atoms with van der Waals surface area (Å²) in [5.41, 5.74) is 3.33. The Bertz CT molecular complexity index is 793. The van der Waals surface area contributed by atoms with Gasteiger partial charge in [0.05, 0.1) is 16.6 Å². The molecule has 0 bridgehead atoms. The predicted molar refractivity (Wildman–Crippen MR) is 110 cm³/mol. The third-order valence-electron chi connectivity index (χ3n) is 5.13. The Labute approximate surface area is 166 Å². The van der Waals surface area contributed by atoms with Gasteiger partial charge in [-0.05, 0) is 47.6 Å². The minimum Gasteiger partial charge on any atom is -0.295 e. The maximum atomic E-state index is 12.6. The van der Waals surface area contributed by atoms with Crippen LogP contribution in [0.4, 0.5) is 0 Å². The Hall–Kier alpha value is -1.35. The quantitative estimate of drug-likeness (QED) is 0.600. The van der Waals surface area contributed by atoms with Gasteiger partial charge in [-0.3, -0.25) is 9.69 Å². The van der Waals surface area contributed by atoms with Crippen molar-refractivity contribution in [3.05, 3.63) is 69.2 Å². The molecule has 0 N–H and O–H groups in total. The lowest BCUT2D eigenvalue weighted by molar-refractivity contribution is 0.0944. The first-order valence-electron chi connectivity index (χ1n) is 9.05. The molecule has 2 nitrogen and oxygen atoms in total. The summed E-state index contributed by atoms with van der Waals surface area (Å²) in [4.78, 5) is 14.9. The molecule has 1 unspecified atom stereocenters. The molecule has 3 rings (SSSR count). The fourth-order valence-electron chi connectivity index (χ4n) is 3.47. The average molecular weight is 390 g/mol. The first-order chi connectivity index (χ1) is 12.2. The van der Waals surface area contributed by atoms with E-state index in [0.29, 0.717) is 22.5 Å². The van der Waals surface area contributed by atoms with Gasteiger partial charge in [0, 0.05) is 12.1 Å². The number of likely N-dealkylation sites (tertiary alicyclic amines) is 1. The van der Waals surface area contributed by atoms with Gasteiger partial charge in [0.1, 0.15) is 0 Å². The SMILES string of the molecule is CC(C)(C)c1ccc(C(=O)CN2CCC(c3ccc(Cl)c(Cl)c3)C2)cc1. The van der Waals surface area contributed by atoms with E-state index >= 15 is 0 Å². The molecule has 1 aliphatic heterocycles. The van der Waals surface area contributed by atoms with Gasteiger partial charge in [0.2, 0.25) is 0 Å². The van der Waals surface area contributed by atoms with E-state index in [1.165, 1.54) is 11.1 Å². The van der Waals surface area contributed by atoms with Crippen LogP contribution in [0.3, 0.4) is 0 Å². The molecule has 0 aliphatic carbocycles. The number of halogens is 2. The van der Waals surface area contributed by atoms with Crippen molar-refractivity contribution in [3.8, 4) is 0 Å². The number of carbonyl (C=O) groups is 1. The number of carbonyl (C=O) groups excluding carboxylic acids is 1. The molecule has 1 aliphatic rings. The molecular weight excluding hydrogens is 365 g/mol. The van der Waals surface area contributed by atoms with Crippen LogP contribution in [0.2, 0.25) is 10.0 Å². The van der Waals surface area contributed by atoms with E-state index < -0.39 is 0 Å². The molecule has 2 aromatic carbocycles. The number of ketones is 1. The summed E-state index contributed by atoms with van der Waals surface area (Å²) >= 11 is 12.1. The number of benzene rings is 2. The van der Waals surface area contributed by atoms with Crippen LogP contribution < -0.4 is 0 Å². The van der Waals surface area contributed by atoms with Crippen LogP contribution in [-0.4, -0.2) is 30.3 Å². The van der Waals surface area contributed by atoms with Crippen molar-refractivity contribution in [2.24, 2.45) is 0 Å². The largest absolute Gasteiger partial charge is 0.295 e. The van der Waals surface area contributed by atoms with Gasteiger partial charge in [-0.25, -0.2) is 0 Å². The molecule has 1 saturated heterocycles. The van der Waals surface area contributed by atoms with E-state index in [2.05, 4.69) is 37.8 Å². The van der Waals surface area contributed by atoms with E-state index in [-0.39, 0.29) is 11.2 Å². The van der Waals surface area contributed by atoms with Crippen LogP contribution >= 0.6 is 23.2 Å². The summed E-state index contributed by atoms with van der Waals surface area (Å²) in [5, 5.41) is 1.18. The predicted octanol–water partition coefficient (Wildman–Crippen LogP) is 5.96. The van der Waals surface area contributed by atoms with Crippen LogP contribution in [-0.2, 0) is 5.41 Å². The molecule has 138 valence electrons. The molecule has 0 spiro atoms. The van der Waals surface area contributed by atoms with Crippen LogP contribution in [0, 0.1) is 0 Å².